The second-order valence-electron chi connectivity index (χ2n) is 7.61. The van der Waals surface area contributed by atoms with Crippen molar-refractivity contribution in [1.29, 1.82) is 0 Å². The van der Waals surface area contributed by atoms with Gasteiger partial charge in [-0.15, -0.1) is 0 Å². The maximum Gasteiger partial charge on any atom is 0.248 e. The number of nitrogens with zero attached hydrogens (tertiary/aromatic N) is 6. The lowest BCUT2D eigenvalue weighted by Crippen LogP contribution is -2.23. The Bertz CT molecular complexity index is 1370. The molecule has 0 atom stereocenters. The largest absolute Gasteiger partial charge is 0.455 e. The summed E-state index contributed by atoms with van der Waals surface area (Å²) < 4.78 is 16.5. The first-order chi connectivity index (χ1) is 14.5. The molecule has 150 valence electrons. The van der Waals surface area contributed by atoms with E-state index in [-0.39, 0.29) is 0 Å². The van der Waals surface area contributed by atoms with Crippen molar-refractivity contribution in [2.75, 3.05) is 0 Å². The molecule has 0 unspecified atom stereocenters. The number of pyridine rings is 1. The predicted molar refractivity (Wildman–Crippen MR) is 112 cm³/mol. The van der Waals surface area contributed by atoms with Gasteiger partial charge in [0.15, 0.2) is 11.3 Å². The number of aromatic nitrogens is 6. The van der Waals surface area contributed by atoms with Crippen LogP contribution in [-0.2, 0) is 14.1 Å². The lowest BCUT2D eigenvalue weighted by Gasteiger charge is -2.09. The summed E-state index contributed by atoms with van der Waals surface area (Å²) >= 11 is 0. The van der Waals surface area contributed by atoms with E-state index in [0.717, 1.165) is 39.9 Å². The molecule has 30 heavy (non-hydrogen) atoms. The van der Waals surface area contributed by atoms with Crippen LogP contribution in [0.4, 0.5) is 0 Å². The number of fused-ring (bicyclic) bond motifs is 1. The van der Waals surface area contributed by atoms with Gasteiger partial charge in [0.2, 0.25) is 12.7 Å². The maximum atomic E-state index is 6.30. The summed E-state index contributed by atoms with van der Waals surface area (Å²) in [6.45, 7) is 4.11. The molecular formula is C23H24N6O+2. The molecule has 4 heterocycles. The summed E-state index contributed by atoms with van der Waals surface area (Å²) in [6, 6.07) is 10.1. The minimum atomic E-state index is 0.754. The smallest absolute Gasteiger partial charge is 0.248 e. The summed E-state index contributed by atoms with van der Waals surface area (Å²) in [5.41, 5.74) is 5.02. The fourth-order valence-corrected chi connectivity index (χ4v) is 3.61. The van der Waals surface area contributed by atoms with E-state index in [1.165, 1.54) is 0 Å². The fraction of sp³-hybridized carbons (Fsp3) is 0.174. The molecule has 0 N–H and O–H groups in total. The summed E-state index contributed by atoms with van der Waals surface area (Å²) in [5, 5.41) is 0. The predicted octanol–water partition coefficient (Wildman–Crippen LogP) is 2.97. The molecule has 0 saturated heterocycles. The Morgan fingerprint density at radius 3 is 2.33 bits per heavy atom. The molecule has 0 bridgehead atoms. The van der Waals surface area contributed by atoms with Crippen molar-refractivity contribution in [3.63, 3.8) is 0 Å². The Hall–Kier alpha value is -3.87. The zero-order valence-corrected chi connectivity index (χ0v) is 17.5. The summed E-state index contributed by atoms with van der Waals surface area (Å²) in [5.74, 6) is 1.53. The van der Waals surface area contributed by atoms with Gasteiger partial charge < -0.3 is 4.74 Å². The van der Waals surface area contributed by atoms with Crippen LogP contribution in [-0.4, -0.2) is 18.5 Å². The Morgan fingerprint density at radius 1 is 0.900 bits per heavy atom. The van der Waals surface area contributed by atoms with Gasteiger partial charge in [0.1, 0.15) is 42.0 Å². The highest BCUT2D eigenvalue weighted by molar-refractivity contribution is 5.63. The maximum absolute atomic E-state index is 6.30. The van der Waals surface area contributed by atoms with Gasteiger partial charge in [-0.1, -0.05) is 6.07 Å². The quantitative estimate of drug-likeness (QED) is 0.436. The van der Waals surface area contributed by atoms with E-state index in [1.54, 1.807) is 0 Å². The van der Waals surface area contributed by atoms with Crippen LogP contribution in [0.5, 0.6) is 11.5 Å². The third-order valence-corrected chi connectivity index (χ3v) is 5.32. The van der Waals surface area contributed by atoms with Crippen LogP contribution in [0.2, 0.25) is 0 Å². The van der Waals surface area contributed by atoms with E-state index < -0.39 is 0 Å². The summed E-state index contributed by atoms with van der Waals surface area (Å²) in [6.07, 6.45) is 14.1. The molecule has 0 saturated carbocycles. The number of hydrogen-bond acceptors (Lipinski definition) is 2. The second kappa shape index (κ2) is 6.88. The lowest BCUT2D eigenvalue weighted by molar-refractivity contribution is -0.670. The first kappa shape index (κ1) is 18.2. The zero-order valence-electron chi connectivity index (χ0n) is 17.5. The van der Waals surface area contributed by atoms with E-state index in [1.807, 2.05) is 98.1 Å². The number of benzene rings is 1. The number of aryl methyl sites for hydroxylation is 4. The normalized spacial score (nSPS) is 11.3. The van der Waals surface area contributed by atoms with Crippen molar-refractivity contribution < 1.29 is 13.9 Å². The van der Waals surface area contributed by atoms with Gasteiger partial charge in [-0.25, -0.2) is 18.7 Å². The van der Waals surface area contributed by atoms with E-state index in [4.69, 9.17) is 9.72 Å². The van der Waals surface area contributed by atoms with Gasteiger partial charge in [-0.05, 0) is 26.0 Å². The van der Waals surface area contributed by atoms with E-state index in [9.17, 15) is 0 Å². The average molecular weight is 400 g/mol. The van der Waals surface area contributed by atoms with E-state index in [2.05, 4.69) is 26.5 Å². The summed E-state index contributed by atoms with van der Waals surface area (Å²) in [7, 11) is 4.01. The molecule has 0 aliphatic rings. The molecule has 0 aliphatic carbocycles. The number of ether oxygens (including phenoxy) is 1. The molecule has 0 amide bonds. The fourth-order valence-electron chi connectivity index (χ4n) is 3.61. The SMILES string of the molecule is Cc1nc2c(-n3cc[n+](C)c3)cc(Oc3cccc(-n4cc[n+](C)c4)c3)cn2c1C. The molecule has 5 aromatic rings. The Balaban J connectivity index is 1.59. The molecule has 0 aliphatic heterocycles. The molecule has 7 nitrogen and oxygen atoms in total. The van der Waals surface area contributed by atoms with Gasteiger partial charge in [-0.2, -0.15) is 4.57 Å². The number of hydrogen-bond donors (Lipinski definition) is 0. The third kappa shape index (κ3) is 3.14. The molecule has 7 heteroatoms. The van der Waals surface area contributed by atoms with Gasteiger partial charge >= 0.3 is 0 Å². The van der Waals surface area contributed by atoms with Crippen molar-refractivity contribution in [3.8, 4) is 22.9 Å². The molecular weight excluding hydrogens is 376 g/mol. The average Bonchev–Trinajstić information content (AvgIpc) is 3.43. The Labute approximate surface area is 174 Å². The van der Waals surface area contributed by atoms with Gasteiger partial charge in [-0.3, -0.25) is 4.40 Å². The molecule has 5 rings (SSSR count). The minimum Gasteiger partial charge on any atom is -0.455 e. The highest BCUT2D eigenvalue weighted by Gasteiger charge is 2.17. The first-order valence-electron chi connectivity index (χ1n) is 9.82. The lowest BCUT2D eigenvalue weighted by atomic mass is 10.3. The van der Waals surface area contributed by atoms with Crippen molar-refractivity contribution >= 4 is 5.65 Å². The van der Waals surface area contributed by atoms with Crippen molar-refractivity contribution in [3.05, 3.63) is 85.4 Å². The third-order valence-electron chi connectivity index (χ3n) is 5.32. The second-order valence-corrected chi connectivity index (χ2v) is 7.61. The standard InChI is InChI=1S/C23H24N6O/c1-17-18(2)29-14-21(13-22(23(29)24-17)28-11-9-26(4)16-28)30-20-7-5-6-19(12-20)27-10-8-25(3)15-27/h5-16H,1-4H3/q+2. The van der Waals surface area contributed by atoms with Crippen molar-refractivity contribution in [2.45, 2.75) is 13.8 Å². The topological polar surface area (TPSA) is 44.2 Å². The molecule has 1 aromatic carbocycles. The van der Waals surface area contributed by atoms with Crippen LogP contribution in [0.25, 0.3) is 17.0 Å². The zero-order chi connectivity index (χ0) is 20.8. The highest BCUT2D eigenvalue weighted by Crippen LogP contribution is 2.29. The van der Waals surface area contributed by atoms with Crippen molar-refractivity contribution in [1.82, 2.24) is 18.5 Å². The van der Waals surface area contributed by atoms with Crippen LogP contribution in [0, 0.1) is 13.8 Å². The van der Waals surface area contributed by atoms with Crippen LogP contribution in [0.15, 0.2) is 74.0 Å². The Morgan fingerprint density at radius 2 is 1.63 bits per heavy atom. The minimum absolute atomic E-state index is 0.754. The van der Waals surface area contributed by atoms with E-state index >= 15 is 0 Å². The Kier molecular flexibility index (Phi) is 4.17. The van der Waals surface area contributed by atoms with Gasteiger partial charge in [0.05, 0.1) is 26.0 Å². The molecule has 0 fully saturated rings. The molecule has 4 aromatic heterocycles. The molecule has 0 spiro atoms. The monoisotopic (exact) mass is 400 g/mol. The number of imidazole rings is 3. The number of rotatable bonds is 4. The molecule has 0 radical (unpaired) electrons. The van der Waals surface area contributed by atoms with Gasteiger partial charge in [0, 0.05) is 17.8 Å². The van der Waals surface area contributed by atoms with Crippen LogP contribution in [0.3, 0.4) is 0 Å². The van der Waals surface area contributed by atoms with Crippen LogP contribution < -0.4 is 13.9 Å². The van der Waals surface area contributed by atoms with Gasteiger partial charge in [0.25, 0.3) is 0 Å². The first-order valence-corrected chi connectivity index (χ1v) is 9.82. The van der Waals surface area contributed by atoms with Crippen LogP contribution >= 0.6 is 0 Å². The van der Waals surface area contributed by atoms with Crippen molar-refractivity contribution in [2.24, 2.45) is 14.1 Å². The summed E-state index contributed by atoms with van der Waals surface area (Å²) in [4.78, 5) is 4.77. The highest BCUT2D eigenvalue weighted by atomic mass is 16.5. The van der Waals surface area contributed by atoms with Crippen LogP contribution in [0.1, 0.15) is 11.4 Å². The van der Waals surface area contributed by atoms with E-state index in [0.29, 0.717) is 0 Å².